The molecule has 0 radical (unpaired) electrons. The number of fused-ring (bicyclic) bond motifs is 12. The SMILES string of the molecule is C=C(C)C(=O)OCC(=O)OC1C2CC(CC1C(=O)O)C(=O)O2.C=C(C)C(=O)OCC(=O)OC1CCC2CC1(OC=O)OC2=O.C=CC(=O)OCC(=O)OC1C2CC(CC1C(=O)O)C(=O)O2.C=CC(=O)OCC(=O)OC1CCC2CC1(OC=O)OC2=O.[C-]#[N+]C12CC(CCC1OC(=O)COC(=O)C(=C)C)C(=O)O2.[C-]#[N+]C12CC(CCC1OC(=O)COC(=O)C=C)C(=O)O2. The number of hydrogen-bond donors (Lipinski definition) is 2. The molecule has 12 rings (SSSR count). The maximum atomic E-state index is 11.7. The maximum absolute atomic E-state index is 11.7. The van der Waals surface area contributed by atoms with Crippen molar-refractivity contribution in [3.8, 4) is 0 Å². The maximum Gasteiger partial charge on any atom is 0.415 e. The van der Waals surface area contributed by atoms with Crippen molar-refractivity contribution in [3.63, 3.8) is 0 Å². The van der Waals surface area contributed by atoms with E-state index in [2.05, 4.69) is 77.6 Å². The second kappa shape index (κ2) is 44.4. The fourth-order valence-electron chi connectivity index (χ4n) is 15.0. The Morgan fingerprint density at radius 1 is 0.378 bits per heavy atom. The Labute approximate surface area is 719 Å². The molecule has 46 heteroatoms. The molecule has 6 heterocycles. The summed E-state index contributed by atoms with van der Waals surface area (Å²) in [4.78, 5) is 256. The first kappa shape index (κ1) is 99.9. The summed E-state index contributed by atoms with van der Waals surface area (Å²) in [7, 11) is 0. The summed E-state index contributed by atoms with van der Waals surface area (Å²) in [5.74, 6) is -21.9. The number of rotatable bonds is 30. The van der Waals surface area contributed by atoms with E-state index in [0.29, 0.717) is 64.2 Å². The van der Waals surface area contributed by atoms with Crippen LogP contribution >= 0.6 is 0 Å². The van der Waals surface area contributed by atoms with Crippen molar-refractivity contribution in [1.82, 2.24) is 0 Å². The summed E-state index contributed by atoms with van der Waals surface area (Å²) in [6.07, 6.45) is 0.436. The quantitative estimate of drug-likeness (QED) is 0.0337. The lowest BCUT2D eigenvalue weighted by atomic mass is 9.79. The normalized spacial score (nSPS) is 29.9. The molecule has 0 spiro atoms. The van der Waals surface area contributed by atoms with Crippen molar-refractivity contribution >= 4 is 132 Å². The average molecular weight is 1790 g/mol. The van der Waals surface area contributed by atoms with Crippen molar-refractivity contribution in [1.29, 1.82) is 0 Å². The van der Waals surface area contributed by atoms with Gasteiger partial charge in [-0.2, -0.15) is 0 Å². The number of carbonyl (C=O) groups excluding carboxylic acids is 20. The molecule has 0 aromatic carbocycles. The number of ether oxygens (including phenoxy) is 20. The third-order valence-electron chi connectivity index (χ3n) is 21.2. The number of carboxylic acid groups (broad SMARTS) is 2. The molecule has 0 aromatic rings. The number of esters is 18. The molecule has 0 aromatic heterocycles. The van der Waals surface area contributed by atoms with Gasteiger partial charge < -0.3 is 105 Å². The Hall–Kier alpha value is -14.2. The molecule has 0 amide bonds. The van der Waals surface area contributed by atoms with Crippen LogP contribution in [-0.2, 0) is 200 Å². The number of nitrogens with zero attached hydrogens (tertiary/aromatic N) is 2. The Kier molecular flexibility index (Phi) is 34.9. The minimum atomic E-state index is -1.57. The van der Waals surface area contributed by atoms with E-state index in [9.17, 15) is 116 Å². The molecule has 6 saturated carbocycles. The van der Waals surface area contributed by atoms with Crippen molar-refractivity contribution in [3.05, 3.63) is 97.3 Å². The van der Waals surface area contributed by atoms with Crippen LogP contribution < -0.4 is 0 Å². The minimum Gasteiger partial charge on any atom is -0.481 e. The Morgan fingerprint density at radius 3 is 0.921 bits per heavy atom. The number of carboxylic acids is 2. The van der Waals surface area contributed by atoms with Gasteiger partial charge in [0.25, 0.3) is 24.5 Å². The summed E-state index contributed by atoms with van der Waals surface area (Å²) in [5.41, 5.74) is -2.39. The van der Waals surface area contributed by atoms with Crippen LogP contribution in [0.4, 0.5) is 0 Å². The Bertz CT molecular complexity index is 4540. The van der Waals surface area contributed by atoms with Crippen molar-refractivity contribution in [2.45, 2.75) is 195 Å². The number of carbonyl (C=O) groups is 22. The lowest BCUT2D eigenvalue weighted by Crippen LogP contribution is -2.49. The molecule has 6 aliphatic carbocycles. The molecular weight excluding hydrogens is 1700 g/mol. The van der Waals surface area contributed by atoms with Crippen LogP contribution in [0.1, 0.15) is 124 Å². The Morgan fingerprint density at radius 2 is 0.646 bits per heavy atom. The van der Waals surface area contributed by atoms with Gasteiger partial charge in [0, 0.05) is 60.6 Å². The van der Waals surface area contributed by atoms with Gasteiger partial charge in [0.15, 0.2) is 64.1 Å². The third kappa shape index (κ3) is 26.0. The van der Waals surface area contributed by atoms with Gasteiger partial charge in [-0.15, -0.1) is 0 Å². The van der Waals surface area contributed by atoms with Gasteiger partial charge in [-0.3, -0.25) is 57.6 Å². The van der Waals surface area contributed by atoms with E-state index in [1.54, 1.807) is 0 Å². The van der Waals surface area contributed by atoms with Crippen LogP contribution in [-0.4, -0.2) is 254 Å². The van der Waals surface area contributed by atoms with E-state index in [0.717, 1.165) is 18.2 Å². The van der Waals surface area contributed by atoms with E-state index in [1.807, 2.05) is 0 Å². The van der Waals surface area contributed by atoms with Crippen LogP contribution in [0.15, 0.2) is 74.4 Å². The van der Waals surface area contributed by atoms with Gasteiger partial charge in [-0.05, 0) is 85.0 Å². The largest absolute Gasteiger partial charge is 0.481 e. The topological polar surface area (TPSA) is 609 Å². The van der Waals surface area contributed by atoms with Crippen molar-refractivity contribution in [2.75, 3.05) is 39.6 Å². The third-order valence-corrected chi connectivity index (χ3v) is 21.2. The van der Waals surface area contributed by atoms with Gasteiger partial charge in [0.1, 0.15) is 12.2 Å². The molecule has 6 saturated heterocycles. The van der Waals surface area contributed by atoms with E-state index in [-0.39, 0.29) is 91.9 Å². The Balaban J connectivity index is 0.000000209. The molecule has 686 valence electrons. The summed E-state index contributed by atoms with van der Waals surface area (Å²) in [6, 6.07) is 0. The predicted octanol–water partition coefficient (Wildman–Crippen LogP) is 1.40. The van der Waals surface area contributed by atoms with Gasteiger partial charge in [0.05, 0.1) is 60.2 Å². The first-order valence-electron chi connectivity index (χ1n) is 38.8. The molecule has 20 unspecified atom stereocenters. The summed E-state index contributed by atoms with van der Waals surface area (Å²) in [5, 5.41) is 18.4. The van der Waals surface area contributed by atoms with Gasteiger partial charge in [0.2, 0.25) is 12.2 Å². The second-order valence-corrected chi connectivity index (χ2v) is 30.1. The van der Waals surface area contributed by atoms with E-state index >= 15 is 0 Å². The summed E-state index contributed by atoms with van der Waals surface area (Å²) < 4.78 is 98.4. The molecule has 12 bridgehead atoms. The highest BCUT2D eigenvalue weighted by Crippen LogP contribution is 2.50. The van der Waals surface area contributed by atoms with E-state index in [4.69, 9.17) is 79.5 Å². The fourth-order valence-corrected chi connectivity index (χ4v) is 15.0. The van der Waals surface area contributed by atoms with Gasteiger partial charge in [-0.25, -0.2) is 70.7 Å². The number of hydrogen-bond acceptors (Lipinski definition) is 42. The molecule has 12 aliphatic rings. The van der Waals surface area contributed by atoms with Crippen molar-refractivity contribution in [2.24, 2.45) is 47.3 Å². The highest BCUT2D eigenvalue weighted by molar-refractivity contribution is 5.91. The molecule has 46 nitrogen and oxygen atoms in total. The molecule has 12 fully saturated rings. The molecular formula is C81H88N2O44. The highest BCUT2D eigenvalue weighted by atomic mass is 16.8. The summed E-state index contributed by atoms with van der Waals surface area (Å²) >= 11 is 0. The molecule has 6 aliphatic heterocycles. The fraction of sp³-hybridized carbons (Fsp3) is 0.556. The zero-order chi connectivity index (χ0) is 94.2. The highest BCUT2D eigenvalue weighted by Gasteiger charge is 2.66. The monoisotopic (exact) mass is 1790 g/mol. The van der Waals surface area contributed by atoms with Crippen LogP contribution in [0, 0.1) is 60.5 Å². The first-order chi connectivity index (χ1) is 60.0. The summed E-state index contributed by atoms with van der Waals surface area (Å²) in [6.45, 7) is 35.1. The van der Waals surface area contributed by atoms with E-state index in [1.165, 1.54) is 20.8 Å². The standard InChI is InChI=1S/C14H15NO6.2C14H16O8.C13H13NO6.2C13H14O8/c1-8(2)12(17)19-7-11(16)20-10-5-4-9-6-14(10,15-3)21-13(9)18;1-6(2)13(18)20-5-10(15)22-11-8(12(16)17)3-7-4-9(11)21-14(7)19;1-8(2)12(17)19-6-11(16)21-10-4-3-9-5-14(10,20-7-15)22-13(9)18;1-3-10(15)18-7-11(16)19-9-5-4-8-6-13(9,14-2)20-12(8)17;1-2-9(14)19-5-10(15)21-11-7(12(16)17)3-6-4-8(11)20-13(6)18;1-2-10(15)18-6-11(16)20-9-4-3-8-5-13(9,19-7-14)21-12(8)17/h9-10H,1,4-7H2,2H3;7-9,11H,1,3-5H2,2H3,(H,16,17);7,9-10H,1,3-6H2,2H3;3,8-9H,1,4-7H2;2,6-8,11H,1,3-5H2,(H,16,17);2,7-9H,1,3-6H2. The molecule has 20 atom stereocenters. The predicted molar refractivity (Wildman–Crippen MR) is 400 cm³/mol. The van der Waals surface area contributed by atoms with Crippen molar-refractivity contribution < 1.29 is 210 Å². The van der Waals surface area contributed by atoms with Gasteiger partial charge >= 0.3 is 131 Å². The molecule has 127 heavy (non-hydrogen) atoms. The lowest BCUT2D eigenvalue weighted by Gasteiger charge is -2.35. The smallest absolute Gasteiger partial charge is 0.415 e. The van der Waals surface area contributed by atoms with Crippen LogP contribution in [0.2, 0.25) is 0 Å². The zero-order valence-corrected chi connectivity index (χ0v) is 68.4. The first-order valence-corrected chi connectivity index (χ1v) is 38.8. The van der Waals surface area contributed by atoms with Crippen LogP contribution in [0.5, 0.6) is 0 Å². The lowest BCUT2D eigenvalue weighted by molar-refractivity contribution is -0.249. The van der Waals surface area contributed by atoms with Gasteiger partial charge in [-0.1, -0.05) is 39.5 Å². The molecule has 2 N–H and O–H groups in total. The average Bonchev–Trinajstić information content (AvgIpc) is 1.63. The van der Waals surface area contributed by atoms with E-state index < -0.39 is 255 Å². The minimum absolute atomic E-state index is 0.0637. The second-order valence-electron chi connectivity index (χ2n) is 30.1. The number of aliphatic carboxylic acids is 2. The van der Waals surface area contributed by atoms with Crippen LogP contribution in [0.3, 0.4) is 0 Å². The zero-order valence-electron chi connectivity index (χ0n) is 68.4. The van der Waals surface area contributed by atoms with Crippen LogP contribution in [0.25, 0.3) is 9.69 Å².